The Morgan fingerprint density at radius 1 is 1.15 bits per heavy atom. The molecule has 2 aliphatic rings. The zero-order chi connectivity index (χ0) is 18.9. The lowest BCUT2D eigenvalue weighted by Crippen LogP contribution is -2.41. The summed E-state index contributed by atoms with van der Waals surface area (Å²) in [4.78, 5) is 2.20. The van der Waals surface area contributed by atoms with Crippen LogP contribution in [0.5, 0.6) is 11.5 Å². The molecule has 0 radical (unpaired) electrons. The van der Waals surface area contributed by atoms with Crippen LogP contribution in [0.1, 0.15) is 27.7 Å². The second-order valence-corrected chi connectivity index (χ2v) is 7.74. The minimum absolute atomic E-state index is 0.1000. The number of ether oxygens (including phenoxy) is 2. The van der Waals surface area contributed by atoms with E-state index in [0.29, 0.717) is 31.8 Å². The molecule has 1 N–H and O–H groups in total. The van der Waals surface area contributed by atoms with Crippen LogP contribution >= 0.6 is 0 Å². The Hall–Kier alpha value is -1.35. The lowest BCUT2D eigenvalue weighted by Gasteiger charge is -2.32. The topological polar surface area (TPSA) is 60.4 Å². The Balaban J connectivity index is 1.69. The Morgan fingerprint density at radius 2 is 1.77 bits per heavy atom. The fourth-order valence-corrected chi connectivity index (χ4v) is 2.93. The van der Waals surface area contributed by atoms with Gasteiger partial charge in [-0.3, -0.25) is 4.90 Å². The Bertz CT molecular complexity index is 633. The van der Waals surface area contributed by atoms with E-state index < -0.39 is 29.9 Å². The predicted octanol–water partition coefficient (Wildman–Crippen LogP) is 1.54. The SMILES string of the molecule is CC1(C)OB(c2cc(F)c(O)c(OCCN3CCOCC3)c2)OC1(C)C. The molecule has 2 saturated heterocycles. The first-order valence-corrected chi connectivity index (χ1v) is 9.00. The van der Waals surface area contributed by atoms with E-state index in [4.69, 9.17) is 18.8 Å². The van der Waals surface area contributed by atoms with Crippen LogP contribution in [0.15, 0.2) is 12.1 Å². The molecule has 2 heterocycles. The van der Waals surface area contributed by atoms with E-state index in [2.05, 4.69) is 4.90 Å². The van der Waals surface area contributed by atoms with Crippen LogP contribution in [0.2, 0.25) is 0 Å². The Kier molecular flexibility index (Phi) is 5.49. The van der Waals surface area contributed by atoms with Gasteiger partial charge in [0.25, 0.3) is 0 Å². The molecule has 0 spiro atoms. The van der Waals surface area contributed by atoms with E-state index >= 15 is 0 Å². The number of hydrogen-bond acceptors (Lipinski definition) is 6. The molecule has 2 aliphatic heterocycles. The summed E-state index contributed by atoms with van der Waals surface area (Å²) in [5.74, 6) is -1.14. The first kappa shape index (κ1) is 19.4. The number of morpholine rings is 1. The van der Waals surface area contributed by atoms with Crippen LogP contribution < -0.4 is 10.2 Å². The first-order valence-electron chi connectivity index (χ1n) is 9.00. The van der Waals surface area contributed by atoms with Crippen molar-refractivity contribution in [3.05, 3.63) is 17.9 Å². The number of phenols is 1. The van der Waals surface area contributed by atoms with Gasteiger partial charge in [0.15, 0.2) is 17.3 Å². The number of aromatic hydroxyl groups is 1. The summed E-state index contributed by atoms with van der Waals surface area (Å²) in [6, 6.07) is 2.81. The van der Waals surface area contributed by atoms with Crippen LogP contribution in [-0.4, -0.2) is 67.8 Å². The zero-order valence-electron chi connectivity index (χ0n) is 15.9. The van der Waals surface area contributed by atoms with Crippen molar-refractivity contribution in [2.45, 2.75) is 38.9 Å². The summed E-state index contributed by atoms with van der Waals surface area (Å²) < 4.78 is 37.0. The monoisotopic (exact) mass is 367 g/mol. The fraction of sp³-hybridized carbons (Fsp3) is 0.667. The maximum atomic E-state index is 14.2. The van der Waals surface area contributed by atoms with E-state index in [-0.39, 0.29) is 5.75 Å². The second kappa shape index (κ2) is 7.35. The Morgan fingerprint density at radius 3 is 2.38 bits per heavy atom. The molecule has 3 rings (SSSR count). The molecule has 0 saturated carbocycles. The number of hydrogen-bond donors (Lipinski definition) is 1. The third-order valence-corrected chi connectivity index (χ3v) is 5.34. The molecule has 0 atom stereocenters. The highest BCUT2D eigenvalue weighted by Gasteiger charge is 2.52. The van der Waals surface area contributed by atoms with Gasteiger partial charge in [-0.25, -0.2) is 4.39 Å². The largest absolute Gasteiger partial charge is 0.502 e. The van der Waals surface area contributed by atoms with Gasteiger partial charge in [0.05, 0.1) is 24.4 Å². The summed E-state index contributed by atoms with van der Waals surface area (Å²) in [5, 5.41) is 9.99. The summed E-state index contributed by atoms with van der Waals surface area (Å²) >= 11 is 0. The molecule has 0 aliphatic carbocycles. The first-order chi connectivity index (χ1) is 12.2. The smallest absolute Gasteiger partial charge is 0.495 e. The lowest BCUT2D eigenvalue weighted by atomic mass is 9.79. The summed E-state index contributed by atoms with van der Waals surface area (Å²) in [6.07, 6.45) is 0. The van der Waals surface area contributed by atoms with Gasteiger partial charge in [0, 0.05) is 19.6 Å². The lowest BCUT2D eigenvalue weighted by molar-refractivity contribution is 0.00578. The van der Waals surface area contributed by atoms with Crippen molar-refractivity contribution in [3.63, 3.8) is 0 Å². The van der Waals surface area contributed by atoms with E-state index in [0.717, 1.165) is 13.1 Å². The normalized spacial score (nSPS) is 22.6. The van der Waals surface area contributed by atoms with Crippen molar-refractivity contribution >= 4 is 12.6 Å². The molecule has 0 bridgehead atoms. The van der Waals surface area contributed by atoms with E-state index in [1.54, 1.807) is 6.07 Å². The molecule has 1 aromatic rings. The number of rotatable bonds is 5. The molecule has 1 aromatic carbocycles. The summed E-state index contributed by atoms with van der Waals surface area (Å²) in [7, 11) is -0.711. The van der Waals surface area contributed by atoms with Crippen molar-refractivity contribution in [1.29, 1.82) is 0 Å². The molecule has 144 valence electrons. The van der Waals surface area contributed by atoms with Gasteiger partial charge in [-0.15, -0.1) is 0 Å². The van der Waals surface area contributed by atoms with Crippen LogP contribution in [0.4, 0.5) is 4.39 Å². The number of phenolic OH excluding ortho intramolecular Hbond substituents is 1. The van der Waals surface area contributed by atoms with Crippen molar-refractivity contribution in [2.75, 3.05) is 39.5 Å². The van der Waals surface area contributed by atoms with Gasteiger partial charge in [-0.2, -0.15) is 0 Å². The third-order valence-electron chi connectivity index (χ3n) is 5.34. The van der Waals surface area contributed by atoms with Gasteiger partial charge in [-0.05, 0) is 45.3 Å². The third kappa shape index (κ3) is 3.98. The van der Waals surface area contributed by atoms with Crippen molar-refractivity contribution in [2.24, 2.45) is 0 Å². The molecule has 26 heavy (non-hydrogen) atoms. The van der Waals surface area contributed by atoms with Gasteiger partial charge < -0.3 is 23.9 Å². The molecule has 0 unspecified atom stereocenters. The fourth-order valence-electron chi connectivity index (χ4n) is 2.93. The maximum Gasteiger partial charge on any atom is 0.495 e. The minimum Gasteiger partial charge on any atom is -0.502 e. The predicted molar refractivity (Wildman–Crippen MR) is 96.5 cm³/mol. The van der Waals surface area contributed by atoms with E-state index in [1.807, 2.05) is 27.7 Å². The molecule has 6 nitrogen and oxygen atoms in total. The van der Waals surface area contributed by atoms with Gasteiger partial charge in [0.2, 0.25) is 0 Å². The average molecular weight is 367 g/mol. The molecule has 8 heteroatoms. The van der Waals surface area contributed by atoms with Gasteiger partial charge in [0.1, 0.15) is 6.61 Å². The van der Waals surface area contributed by atoms with Crippen LogP contribution in [0.25, 0.3) is 0 Å². The van der Waals surface area contributed by atoms with Crippen molar-refractivity contribution in [1.82, 2.24) is 4.90 Å². The average Bonchev–Trinajstić information content (AvgIpc) is 2.80. The van der Waals surface area contributed by atoms with Crippen molar-refractivity contribution < 1.29 is 28.3 Å². The minimum atomic E-state index is -0.751. The van der Waals surface area contributed by atoms with Crippen LogP contribution in [0.3, 0.4) is 0 Å². The van der Waals surface area contributed by atoms with Crippen molar-refractivity contribution in [3.8, 4) is 11.5 Å². The van der Waals surface area contributed by atoms with Crippen LogP contribution in [-0.2, 0) is 14.0 Å². The molecule has 0 aromatic heterocycles. The molecular weight excluding hydrogens is 340 g/mol. The highest BCUT2D eigenvalue weighted by atomic mass is 19.1. The molecule has 0 amide bonds. The van der Waals surface area contributed by atoms with Gasteiger partial charge >= 0.3 is 7.12 Å². The molecular formula is C18H27BFNO5. The second-order valence-electron chi connectivity index (χ2n) is 7.74. The number of benzene rings is 1. The number of nitrogens with zero attached hydrogens (tertiary/aromatic N) is 1. The molecule has 2 fully saturated rings. The standard InChI is InChI=1S/C18H27BFNO5/c1-17(2)18(3,4)26-19(25-17)13-11-14(20)16(22)15(12-13)24-10-7-21-5-8-23-9-6-21/h11-12,22H,5-10H2,1-4H3. The maximum absolute atomic E-state index is 14.2. The highest BCUT2D eigenvalue weighted by molar-refractivity contribution is 6.62. The number of halogens is 1. The Labute approximate surface area is 154 Å². The van der Waals surface area contributed by atoms with E-state index in [9.17, 15) is 9.50 Å². The van der Waals surface area contributed by atoms with E-state index in [1.165, 1.54) is 6.07 Å². The summed E-state index contributed by atoms with van der Waals surface area (Å²) in [5.41, 5.74) is -0.562. The highest BCUT2D eigenvalue weighted by Crippen LogP contribution is 2.37. The quantitative estimate of drug-likeness (QED) is 0.797. The zero-order valence-corrected chi connectivity index (χ0v) is 15.9. The van der Waals surface area contributed by atoms with Gasteiger partial charge in [-0.1, -0.05) is 0 Å². The summed E-state index contributed by atoms with van der Waals surface area (Å²) in [6.45, 7) is 11.9. The van der Waals surface area contributed by atoms with Crippen LogP contribution in [0, 0.1) is 5.82 Å².